The van der Waals surface area contributed by atoms with Crippen molar-refractivity contribution in [3.8, 4) is 0 Å². The molecule has 3 N–H and O–H groups in total. The minimum atomic E-state index is -0.972. The zero-order valence-corrected chi connectivity index (χ0v) is 15.6. The molecular formula is C17H22ClN3O5. The molecule has 9 heteroatoms. The number of ether oxygens (including phenoxy) is 1. The highest BCUT2D eigenvalue weighted by Crippen LogP contribution is 2.09. The lowest BCUT2D eigenvalue weighted by atomic mass is 10.2. The maximum Gasteiger partial charge on any atom is 0.328 e. The Bertz CT molecular complexity index is 661. The summed E-state index contributed by atoms with van der Waals surface area (Å²) in [7, 11) is 0. The summed E-state index contributed by atoms with van der Waals surface area (Å²) in [5.41, 5.74) is 0.327. The Kier molecular flexibility index (Phi) is 8.57. The van der Waals surface area contributed by atoms with E-state index < -0.39 is 36.5 Å². The van der Waals surface area contributed by atoms with Crippen molar-refractivity contribution in [1.82, 2.24) is 16.0 Å². The first kappa shape index (κ1) is 21.4. The molecule has 0 saturated carbocycles. The van der Waals surface area contributed by atoms with Gasteiger partial charge in [0.1, 0.15) is 6.04 Å². The van der Waals surface area contributed by atoms with Gasteiger partial charge in [0.2, 0.25) is 0 Å². The minimum Gasteiger partial charge on any atom is -0.454 e. The average molecular weight is 384 g/mol. The van der Waals surface area contributed by atoms with Gasteiger partial charge in [0, 0.05) is 17.1 Å². The standard InChI is InChI=1S/C17H22ClN3O5/c1-10(2)8-19-17(25)21-14(22)9-26-16(24)11(3)20-15(23)12-4-6-13(18)7-5-12/h4-7,10-11H,8-9H2,1-3H3,(H,20,23)(H2,19,21,22,25)/t11-/m0/s1. The van der Waals surface area contributed by atoms with E-state index in [0.717, 1.165) is 0 Å². The molecule has 0 aromatic heterocycles. The number of amides is 4. The quantitative estimate of drug-likeness (QED) is 0.617. The third-order valence-corrected chi connectivity index (χ3v) is 3.33. The highest BCUT2D eigenvalue weighted by Gasteiger charge is 2.19. The number of hydrogen-bond donors (Lipinski definition) is 3. The second-order valence-corrected chi connectivity index (χ2v) is 6.40. The normalized spacial score (nSPS) is 11.4. The van der Waals surface area contributed by atoms with Crippen molar-refractivity contribution >= 4 is 35.4 Å². The van der Waals surface area contributed by atoms with Gasteiger partial charge in [0.25, 0.3) is 11.8 Å². The molecule has 0 spiro atoms. The van der Waals surface area contributed by atoms with Gasteiger partial charge in [-0.25, -0.2) is 9.59 Å². The van der Waals surface area contributed by atoms with Gasteiger partial charge in [-0.1, -0.05) is 25.4 Å². The molecule has 1 atom stereocenters. The van der Waals surface area contributed by atoms with Gasteiger partial charge in [0.15, 0.2) is 6.61 Å². The van der Waals surface area contributed by atoms with Crippen molar-refractivity contribution in [2.45, 2.75) is 26.8 Å². The first-order valence-corrected chi connectivity index (χ1v) is 8.37. The van der Waals surface area contributed by atoms with Crippen molar-refractivity contribution in [2.24, 2.45) is 5.92 Å². The van der Waals surface area contributed by atoms with Crippen molar-refractivity contribution in [1.29, 1.82) is 0 Å². The van der Waals surface area contributed by atoms with Crippen molar-refractivity contribution in [3.63, 3.8) is 0 Å². The van der Waals surface area contributed by atoms with Gasteiger partial charge in [-0.05, 0) is 37.1 Å². The molecule has 8 nitrogen and oxygen atoms in total. The van der Waals surface area contributed by atoms with E-state index in [4.69, 9.17) is 16.3 Å². The summed E-state index contributed by atoms with van der Waals surface area (Å²) in [6.07, 6.45) is 0. The number of imide groups is 1. The highest BCUT2D eigenvalue weighted by atomic mass is 35.5. The summed E-state index contributed by atoms with van der Waals surface area (Å²) in [5, 5.41) is 7.46. The number of hydrogen-bond acceptors (Lipinski definition) is 5. The smallest absolute Gasteiger partial charge is 0.328 e. The molecule has 0 unspecified atom stereocenters. The second kappa shape index (κ2) is 10.4. The highest BCUT2D eigenvalue weighted by molar-refractivity contribution is 6.30. The number of rotatable bonds is 7. The SMILES string of the molecule is CC(C)CNC(=O)NC(=O)COC(=O)[C@H](C)NC(=O)c1ccc(Cl)cc1. The van der Waals surface area contributed by atoms with E-state index in [2.05, 4.69) is 10.6 Å². The maximum absolute atomic E-state index is 12.0. The van der Waals surface area contributed by atoms with Gasteiger partial charge < -0.3 is 15.4 Å². The van der Waals surface area contributed by atoms with Gasteiger partial charge in [0.05, 0.1) is 0 Å². The predicted molar refractivity (Wildman–Crippen MR) is 95.7 cm³/mol. The van der Waals surface area contributed by atoms with E-state index >= 15 is 0 Å². The molecule has 0 bridgehead atoms. The number of esters is 1. The topological polar surface area (TPSA) is 114 Å². The van der Waals surface area contributed by atoms with Crippen molar-refractivity contribution < 1.29 is 23.9 Å². The van der Waals surface area contributed by atoms with Crippen LogP contribution in [0.2, 0.25) is 5.02 Å². The van der Waals surface area contributed by atoms with E-state index in [1.165, 1.54) is 19.1 Å². The van der Waals surface area contributed by atoms with Crippen LogP contribution < -0.4 is 16.0 Å². The first-order chi connectivity index (χ1) is 12.2. The molecule has 0 radical (unpaired) electrons. The van der Waals surface area contributed by atoms with Crippen LogP contribution in [-0.2, 0) is 14.3 Å². The Hall–Kier alpha value is -2.61. The number of urea groups is 1. The molecule has 26 heavy (non-hydrogen) atoms. The number of carbonyl (C=O) groups is 4. The number of halogens is 1. The largest absolute Gasteiger partial charge is 0.454 e. The van der Waals surface area contributed by atoms with E-state index in [0.29, 0.717) is 17.1 Å². The number of nitrogens with one attached hydrogen (secondary N) is 3. The molecule has 1 rings (SSSR count). The van der Waals surface area contributed by atoms with Crippen LogP contribution in [0.5, 0.6) is 0 Å². The van der Waals surface area contributed by atoms with Crippen LogP contribution in [-0.4, -0.2) is 43.0 Å². The van der Waals surface area contributed by atoms with E-state index in [1.54, 1.807) is 12.1 Å². The second-order valence-electron chi connectivity index (χ2n) is 5.96. The summed E-state index contributed by atoms with van der Waals surface area (Å²) >= 11 is 5.74. The predicted octanol–water partition coefficient (Wildman–Crippen LogP) is 1.48. The first-order valence-electron chi connectivity index (χ1n) is 7.99. The zero-order chi connectivity index (χ0) is 19.7. The molecule has 1 aromatic carbocycles. The number of carbonyl (C=O) groups excluding carboxylic acids is 4. The Labute approximate surface area is 156 Å². The summed E-state index contributed by atoms with van der Waals surface area (Å²) in [6, 6.07) is 4.49. The lowest BCUT2D eigenvalue weighted by Crippen LogP contribution is -2.44. The van der Waals surface area contributed by atoms with Gasteiger partial charge in [-0.15, -0.1) is 0 Å². The Morgan fingerprint density at radius 2 is 1.69 bits per heavy atom. The average Bonchev–Trinajstić information content (AvgIpc) is 2.58. The molecule has 4 amide bonds. The fourth-order valence-corrected chi connectivity index (χ4v) is 1.83. The Morgan fingerprint density at radius 1 is 1.08 bits per heavy atom. The summed E-state index contributed by atoms with van der Waals surface area (Å²) in [6.45, 7) is 5.01. The van der Waals surface area contributed by atoms with Crippen LogP contribution in [0.15, 0.2) is 24.3 Å². The molecule has 0 aliphatic carbocycles. The zero-order valence-electron chi connectivity index (χ0n) is 14.8. The number of benzene rings is 1. The molecule has 0 aliphatic heterocycles. The van der Waals surface area contributed by atoms with Crippen LogP contribution in [0.3, 0.4) is 0 Å². The Balaban J connectivity index is 2.37. The fourth-order valence-electron chi connectivity index (χ4n) is 1.71. The molecule has 0 aliphatic rings. The van der Waals surface area contributed by atoms with Crippen molar-refractivity contribution in [2.75, 3.05) is 13.2 Å². The molecule has 0 fully saturated rings. The third-order valence-electron chi connectivity index (χ3n) is 3.08. The van der Waals surface area contributed by atoms with Crippen LogP contribution in [0, 0.1) is 5.92 Å². The van der Waals surface area contributed by atoms with Crippen molar-refractivity contribution in [3.05, 3.63) is 34.9 Å². The van der Waals surface area contributed by atoms with Gasteiger partial charge in [-0.2, -0.15) is 0 Å². The summed E-state index contributed by atoms with van der Waals surface area (Å²) in [4.78, 5) is 46.8. The van der Waals surface area contributed by atoms with E-state index in [9.17, 15) is 19.2 Å². The van der Waals surface area contributed by atoms with Crippen LogP contribution in [0.1, 0.15) is 31.1 Å². The fraction of sp³-hybridized carbons (Fsp3) is 0.412. The lowest BCUT2D eigenvalue weighted by Gasteiger charge is -2.13. The van der Waals surface area contributed by atoms with Crippen LogP contribution in [0.4, 0.5) is 4.79 Å². The molecular weight excluding hydrogens is 362 g/mol. The third kappa shape index (κ3) is 7.98. The molecule has 1 aromatic rings. The van der Waals surface area contributed by atoms with E-state index in [-0.39, 0.29) is 5.92 Å². The molecule has 0 heterocycles. The Morgan fingerprint density at radius 3 is 2.27 bits per heavy atom. The lowest BCUT2D eigenvalue weighted by molar-refractivity contribution is -0.149. The van der Waals surface area contributed by atoms with Crippen LogP contribution >= 0.6 is 11.6 Å². The van der Waals surface area contributed by atoms with Gasteiger partial charge in [-0.3, -0.25) is 14.9 Å². The molecule has 0 saturated heterocycles. The summed E-state index contributed by atoms with van der Waals surface area (Å²) in [5.74, 6) is -1.82. The maximum atomic E-state index is 12.0. The van der Waals surface area contributed by atoms with Crippen LogP contribution in [0.25, 0.3) is 0 Å². The minimum absolute atomic E-state index is 0.235. The molecule has 142 valence electrons. The van der Waals surface area contributed by atoms with E-state index in [1.807, 2.05) is 19.2 Å². The van der Waals surface area contributed by atoms with Gasteiger partial charge >= 0.3 is 12.0 Å². The summed E-state index contributed by atoms with van der Waals surface area (Å²) < 4.78 is 4.78. The monoisotopic (exact) mass is 383 g/mol.